The molecule has 0 aliphatic rings. The molecule has 2 rings (SSSR count). The van der Waals surface area contributed by atoms with Crippen LogP contribution in [0.2, 0.25) is 5.02 Å². The highest BCUT2D eigenvalue weighted by Gasteiger charge is 2.14. The summed E-state index contributed by atoms with van der Waals surface area (Å²) >= 11 is 5.76. The van der Waals surface area contributed by atoms with Gasteiger partial charge in [0.25, 0.3) is 5.69 Å². The Balaban J connectivity index is 2.16. The van der Waals surface area contributed by atoms with Crippen LogP contribution in [0.25, 0.3) is 0 Å². The van der Waals surface area contributed by atoms with Crippen molar-refractivity contribution < 1.29 is 19.6 Å². The lowest BCUT2D eigenvalue weighted by molar-refractivity contribution is -0.384. The second-order valence-electron chi connectivity index (χ2n) is 3.98. The Labute approximate surface area is 123 Å². The number of pyridine rings is 1. The number of halogens is 1. The average Bonchev–Trinajstić information content (AvgIpc) is 2.45. The lowest BCUT2D eigenvalue weighted by Crippen LogP contribution is -2.07. The van der Waals surface area contributed by atoms with E-state index >= 15 is 0 Å². The zero-order chi connectivity index (χ0) is 15.4. The Hall–Kier alpha value is -2.67. The smallest absolute Gasteiger partial charge is 0.354 e. The van der Waals surface area contributed by atoms with Gasteiger partial charge in [-0.15, -0.1) is 0 Å². The molecule has 0 atom stereocenters. The zero-order valence-electron chi connectivity index (χ0n) is 10.5. The Morgan fingerprint density at radius 3 is 2.81 bits per heavy atom. The summed E-state index contributed by atoms with van der Waals surface area (Å²) in [5.41, 5.74) is 0.0570. The molecule has 0 amide bonds. The molecule has 0 bridgehead atoms. The first-order valence-corrected chi connectivity index (χ1v) is 6.10. The van der Waals surface area contributed by atoms with E-state index in [4.69, 9.17) is 21.4 Å². The molecule has 0 radical (unpaired) electrons. The van der Waals surface area contributed by atoms with E-state index < -0.39 is 10.9 Å². The van der Waals surface area contributed by atoms with Gasteiger partial charge in [0.2, 0.25) is 0 Å². The number of nitro groups is 1. The maximum absolute atomic E-state index is 11.0. The molecule has 0 saturated heterocycles. The van der Waals surface area contributed by atoms with Crippen LogP contribution in [0.4, 0.5) is 5.69 Å². The van der Waals surface area contributed by atoms with E-state index in [-0.39, 0.29) is 23.0 Å². The van der Waals surface area contributed by atoms with Gasteiger partial charge in [-0.3, -0.25) is 10.1 Å². The molecular formula is C13H9ClN2O5. The fourth-order valence-electron chi connectivity index (χ4n) is 1.63. The minimum Gasteiger partial charge on any atom is -0.489 e. The molecule has 1 heterocycles. The van der Waals surface area contributed by atoms with E-state index in [0.717, 1.165) is 0 Å². The third-order valence-electron chi connectivity index (χ3n) is 2.60. The molecule has 0 saturated carbocycles. The molecule has 1 N–H and O–H groups in total. The highest BCUT2D eigenvalue weighted by molar-refractivity contribution is 6.32. The van der Waals surface area contributed by atoms with Crippen molar-refractivity contribution >= 4 is 23.3 Å². The predicted molar refractivity (Wildman–Crippen MR) is 73.6 cm³/mol. The molecule has 0 aliphatic heterocycles. The number of benzene rings is 1. The summed E-state index contributed by atoms with van der Waals surface area (Å²) in [5, 5.41) is 19.6. The Kier molecular flexibility index (Phi) is 4.34. The third kappa shape index (κ3) is 3.46. The summed E-state index contributed by atoms with van der Waals surface area (Å²) in [6.07, 6.45) is 1.37. The second kappa shape index (κ2) is 6.19. The molecule has 108 valence electrons. The number of aromatic carboxylic acids is 1. The Morgan fingerprint density at radius 1 is 1.43 bits per heavy atom. The number of ether oxygens (including phenoxy) is 1. The van der Waals surface area contributed by atoms with E-state index in [1.165, 1.54) is 24.4 Å². The third-order valence-corrected chi connectivity index (χ3v) is 2.91. The van der Waals surface area contributed by atoms with Crippen LogP contribution in [0.5, 0.6) is 5.75 Å². The standard InChI is InChI=1S/C13H9ClN2O5/c14-10-6-9(3-4-11(10)16(19)20)21-7-8-2-1-5-15-12(8)13(17)18/h1-6H,7H2,(H,17,18). The van der Waals surface area contributed by atoms with Gasteiger partial charge in [0, 0.05) is 23.9 Å². The molecule has 0 unspecified atom stereocenters. The van der Waals surface area contributed by atoms with Gasteiger partial charge in [0.1, 0.15) is 17.4 Å². The van der Waals surface area contributed by atoms with Crippen molar-refractivity contribution in [2.45, 2.75) is 6.61 Å². The Bertz CT molecular complexity index is 705. The van der Waals surface area contributed by atoms with E-state index in [2.05, 4.69) is 4.98 Å². The lowest BCUT2D eigenvalue weighted by atomic mass is 10.2. The summed E-state index contributed by atoms with van der Waals surface area (Å²) in [6, 6.07) is 7.08. The van der Waals surface area contributed by atoms with Crippen molar-refractivity contribution in [3.8, 4) is 5.75 Å². The van der Waals surface area contributed by atoms with E-state index in [0.29, 0.717) is 11.3 Å². The van der Waals surface area contributed by atoms with Crippen LogP contribution >= 0.6 is 11.6 Å². The van der Waals surface area contributed by atoms with Crippen molar-refractivity contribution in [1.82, 2.24) is 4.98 Å². The predicted octanol–water partition coefficient (Wildman–Crippen LogP) is 2.92. The average molecular weight is 309 g/mol. The minimum absolute atomic E-state index is 0.0381. The Morgan fingerprint density at radius 2 is 2.19 bits per heavy atom. The number of hydrogen-bond acceptors (Lipinski definition) is 5. The summed E-state index contributed by atoms with van der Waals surface area (Å²) in [5.74, 6) is -0.860. The molecule has 1 aromatic heterocycles. The van der Waals surface area contributed by atoms with Crippen molar-refractivity contribution in [2.24, 2.45) is 0 Å². The first-order chi connectivity index (χ1) is 9.99. The van der Waals surface area contributed by atoms with Crippen molar-refractivity contribution in [3.63, 3.8) is 0 Å². The fourth-order valence-corrected chi connectivity index (χ4v) is 1.87. The topological polar surface area (TPSA) is 103 Å². The lowest BCUT2D eigenvalue weighted by Gasteiger charge is -2.08. The molecule has 0 aliphatic carbocycles. The molecule has 21 heavy (non-hydrogen) atoms. The van der Waals surface area contributed by atoms with E-state index in [1.54, 1.807) is 12.1 Å². The van der Waals surface area contributed by atoms with Crippen LogP contribution in [0.3, 0.4) is 0 Å². The van der Waals surface area contributed by atoms with Crippen molar-refractivity contribution in [2.75, 3.05) is 0 Å². The summed E-state index contributed by atoms with van der Waals surface area (Å²) < 4.78 is 5.39. The van der Waals surface area contributed by atoms with Gasteiger partial charge in [-0.2, -0.15) is 0 Å². The summed E-state index contributed by atoms with van der Waals surface area (Å²) in [4.78, 5) is 24.8. The first kappa shape index (κ1) is 14.7. The summed E-state index contributed by atoms with van der Waals surface area (Å²) in [7, 11) is 0. The SMILES string of the molecule is O=C(O)c1ncccc1COc1ccc([N+](=O)[O-])c(Cl)c1. The van der Waals surface area contributed by atoms with Crippen LogP contribution in [0, 0.1) is 10.1 Å². The normalized spacial score (nSPS) is 10.1. The van der Waals surface area contributed by atoms with E-state index in [9.17, 15) is 14.9 Å². The van der Waals surface area contributed by atoms with Gasteiger partial charge >= 0.3 is 5.97 Å². The molecule has 7 nitrogen and oxygen atoms in total. The highest BCUT2D eigenvalue weighted by Crippen LogP contribution is 2.28. The maximum Gasteiger partial charge on any atom is 0.354 e. The maximum atomic E-state index is 11.0. The van der Waals surface area contributed by atoms with Gasteiger partial charge in [-0.05, 0) is 12.1 Å². The quantitative estimate of drug-likeness (QED) is 0.673. The number of nitrogens with zero attached hydrogens (tertiary/aromatic N) is 2. The number of hydrogen-bond donors (Lipinski definition) is 1. The van der Waals surface area contributed by atoms with Crippen LogP contribution in [-0.2, 0) is 6.61 Å². The fraction of sp³-hybridized carbons (Fsp3) is 0.0769. The van der Waals surface area contributed by atoms with Crippen molar-refractivity contribution in [1.29, 1.82) is 0 Å². The van der Waals surface area contributed by atoms with E-state index in [1.807, 2.05) is 0 Å². The van der Waals surface area contributed by atoms with Gasteiger partial charge in [0.05, 0.1) is 4.92 Å². The van der Waals surface area contributed by atoms with Gasteiger partial charge in [0.15, 0.2) is 5.69 Å². The number of carboxylic acids is 1. The number of nitro benzene ring substituents is 1. The van der Waals surface area contributed by atoms with Crippen LogP contribution in [0.15, 0.2) is 36.5 Å². The van der Waals surface area contributed by atoms with Gasteiger partial charge < -0.3 is 9.84 Å². The number of carboxylic acid groups (broad SMARTS) is 1. The van der Waals surface area contributed by atoms with Gasteiger partial charge in [-0.25, -0.2) is 9.78 Å². The first-order valence-electron chi connectivity index (χ1n) is 5.73. The second-order valence-corrected chi connectivity index (χ2v) is 4.38. The highest BCUT2D eigenvalue weighted by atomic mass is 35.5. The van der Waals surface area contributed by atoms with Crippen LogP contribution in [-0.4, -0.2) is 21.0 Å². The molecule has 1 aromatic carbocycles. The number of carbonyl (C=O) groups is 1. The molecular weight excluding hydrogens is 300 g/mol. The summed E-state index contributed by atoms with van der Waals surface area (Å²) in [6.45, 7) is -0.0381. The van der Waals surface area contributed by atoms with Crippen LogP contribution < -0.4 is 4.74 Å². The minimum atomic E-state index is -1.16. The molecule has 0 fully saturated rings. The van der Waals surface area contributed by atoms with Crippen LogP contribution in [0.1, 0.15) is 16.1 Å². The van der Waals surface area contributed by atoms with Gasteiger partial charge in [-0.1, -0.05) is 17.7 Å². The number of rotatable bonds is 5. The monoisotopic (exact) mass is 308 g/mol. The number of aromatic nitrogens is 1. The largest absolute Gasteiger partial charge is 0.489 e. The zero-order valence-corrected chi connectivity index (χ0v) is 11.3. The van der Waals surface area contributed by atoms with Crippen molar-refractivity contribution in [3.05, 3.63) is 62.9 Å². The molecule has 8 heteroatoms. The molecule has 2 aromatic rings. The molecule has 0 spiro atoms.